The van der Waals surface area contributed by atoms with Gasteiger partial charge in [-0.05, 0) is 70.4 Å². The van der Waals surface area contributed by atoms with Gasteiger partial charge in [-0.1, -0.05) is 32.9 Å². The summed E-state index contributed by atoms with van der Waals surface area (Å²) in [6.45, 7) is 14.3. The lowest BCUT2D eigenvalue weighted by Crippen LogP contribution is -2.32. The van der Waals surface area contributed by atoms with Gasteiger partial charge in [0.25, 0.3) is 0 Å². The quantitative estimate of drug-likeness (QED) is 0.433. The molecule has 24 heavy (non-hydrogen) atoms. The Labute approximate surface area is 148 Å². The van der Waals surface area contributed by atoms with Crippen molar-refractivity contribution in [1.82, 2.24) is 15.5 Å². The van der Waals surface area contributed by atoms with E-state index in [2.05, 4.69) is 48.2 Å². The summed E-state index contributed by atoms with van der Waals surface area (Å²) >= 11 is 0. The van der Waals surface area contributed by atoms with Gasteiger partial charge in [-0.2, -0.15) is 0 Å². The normalized spacial score (nSPS) is 18.1. The van der Waals surface area contributed by atoms with Gasteiger partial charge in [0.1, 0.15) is 5.83 Å². The molecule has 4 heteroatoms. The Morgan fingerprint density at radius 1 is 1.25 bits per heavy atom. The van der Waals surface area contributed by atoms with Crippen LogP contribution in [0.2, 0.25) is 0 Å². The van der Waals surface area contributed by atoms with Gasteiger partial charge in [-0.3, -0.25) is 0 Å². The molecule has 1 unspecified atom stereocenters. The van der Waals surface area contributed by atoms with Crippen LogP contribution in [-0.2, 0) is 0 Å². The molecule has 138 valence electrons. The van der Waals surface area contributed by atoms with Crippen molar-refractivity contribution in [3.8, 4) is 0 Å². The molecule has 0 bridgehead atoms. The first kappa shape index (κ1) is 20.8. The zero-order valence-corrected chi connectivity index (χ0v) is 15.8. The Morgan fingerprint density at radius 3 is 2.58 bits per heavy atom. The van der Waals surface area contributed by atoms with Crippen LogP contribution in [0.3, 0.4) is 0 Å². The van der Waals surface area contributed by atoms with Gasteiger partial charge >= 0.3 is 0 Å². The van der Waals surface area contributed by atoms with Crippen molar-refractivity contribution in [1.29, 1.82) is 0 Å². The summed E-state index contributed by atoms with van der Waals surface area (Å²) in [5.74, 6) is 0.0680. The van der Waals surface area contributed by atoms with E-state index in [9.17, 15) is 4.39 Å². The lowest BCUT2D eigenvalue weighted by Gasteiger charge is -2.26. The van der Waals surface area contributed by atoms with Gasteiger partial charge in [0.2, 0.25) is 0 Å². The first-order chi connectivity index (χ1) is 11.5. The number of likely N-dealkylation sites (tertiary alicyclic amines) is 1. The first-order valence-corrected chi connectivity index (χ1v) is 9.39. The second-order valence-electron chi connectivity index (χ2n) is 7.12. The second kappa shape index (κ2) is 12.1. The smallest absolute Gasteiger partial charge is 0.117 e. The number of hydrogen-bond donors (Lipinski definition) is 2. The number of nitrogens with zero attached hydrogens (tertiary/aromatic N) is 1. The number of piperidine rings is 1. The highest BCUT2D eigenvalue weighted by Gasteiger charge is 2.11. The monoisotopic (exact) mass is 337 g/mol. The van der Waals surface area contributed by atoms with Crippen LogP contribution in [0.25, 0.3) is 0 Å². The molecular weight excluding hydrogens is 301 g/mol. The van der Waals surface area contributed by atoms with Gasteiger partial charge < -0.3 is 15.5 Å². The minimum Gasteiger partial charge on any atom is -0.391 e. The number of hydrogen-bond acceptors (Lipinski definition) is 3. The number of halogens is 1. The maximum absolute atomic E-state index is 12.8. The van der Waals surface area contributed by atoms with Gasteiger partial charge in [0, 0.05) is 18.3 Å². The first-order valence-electron chi connectivity index (χ1n) is 9.39. The van der Waals surface area contributed by atoms with Crippen molar-refractivity contribution in [2.75, 3.05) is 26.2 Å². The summed E-state index contributed by atoms with van der Waals surface area (Å²) in [7, 11) is 0. The molecule has 1 atom stereocenters. The molecule has 1 aliphatic heterocycles. The Balaban J connectivity index is 2.18. The van der Waals surface area contributed by atoms with Gasteiger partial charge in [0.15, 0.2) is 0 Å². The molecule has 3 nitrogen and oxygen atoms in total. The van der Waals surface area contributed by atoms with Gasteiger partial charge in [-0.25, -0.2) is 4.39 Å². The predicted octanol–water partition coefficient (Wildman–Crippen LogP) is 4.36. The molecule has 0 aromatic heterocycles. The number of nitrogens with one attached hydrogen (secondary N) is 2. The van der Waals surface area contributed by atoms with E-state index in [0.717, 1.165) is 18.7 Å². The summed E-state index contributed by atoms with van der Waals surface area (Å²) in [6, 6.07) is 0.298. The van der Waals surface area contributed by atoms with E-state index < -0.39 is 5.83 Å². The Bertz CT molecular complexity index is 409. The molecule has 0 aromatic rings. The van der Waals surface area contributed by atoms with E-state index in [-0.39, 0.29) is 0 Å². The molecule has 2 N–H and O–H groups in total. The molecule has 0 saturated carbocycles. The van der Waals surface area contributed by atoms with Gasteiger partial charge in [0.05, 0.1) is 0 Å². The van der Waals surface area contributed by atoms with Crippen molar-refractivity contribution in [3.63, 3.8) is 0 Å². The maximum Gasteiger partial charge on any atom is 0.117 e. The molecular formula is C20H36FN3. The minimum atomic E-state index is -0.409. The average molecular weight is 338 g/mol. The standard InChI is InChI=1S/C20H36FN3/c1-17(2)20(23-19(4)16-18(3)21)10-8-11-22-12-9-15-24-13-6-5-7-14-24/h8,11,16-17,20,22-23H,3,5-7,9-10,12-15H2,1-2,4H3/b11-8-,19-16+. The van der Waals surface area contributed by atoms with Crippen molar-refractivity contribution >= 4 is 0 Å². The highest BCUT2D eigenvalue weighted by atomic mass is 19.1. The van der Waals surface area contributed by atoms with E-state index in [1.165, 1.54) is 51.4 Å². The molecule has 0 aromatic carbocycles. The molecule has 1 rings (SSSR count). The predicted molar refractivity (Wildman–Crippen MR) is 102 cm³/mol. The molecule has 0 radical (unpaired) electrons. The molecule has 1 aliphatic rings. The summed E-state index contributed by atoms with van der Waals surface area (Å²) in [4.78, 5) is 2.57. The van der Waals surface area contributed by atoms with Crippen LogP contribution < -0.4 is 10.6 Å². The van der Waals surface area contributed by atoms with Crippen LogP contribution in [0.15, 0.2) is 36.5 Å². The minimum absolute atomic E-state index is 0.298. The van der Waals surface area contributed by atoms with Crippen molar-refractivity contribution in [3.05, 3.63) is 36.5 Å². The van der Waals surface area contributed by atoms with E-state index in [1.807, 2.05) is 6.92 Å². The van der Waals surface area contributed by atoms with Crippen LogP contribution in [0, 0.1) is 5.92 Å². The van der Waals surface area contributed by atoms with E-state index in [4.69, 9.17) is 0 Å². The van der Waals surface area contributed by atoms with Crippen LogP contribution in [0.4, 0.5) is 4.39 Å². The fourth-order valence-corrected chi connectivity index (χ4v) is 3.04. The number of rotatable bonds is 11. The maximum atomic E-state index is 12.8. The van der Waals surface area contributed by atoms with E-state index >= 15 is 0 Å². The van der Waals surface area contributed by atoms with Crippen LogP contribution in [0.5, 0.6) is 0 Å². The zero-order valence-electron chi connectivity index (χ0n) is 15.8. The lowest BCUT2D eigenvalue weighted by molar-refractivity contribution is 0.226. The van der Waals surface area contributed by atoms with Crippen molar-refractivity contribution in [2.45, 2.75) is 58.9 Å². The lowest BCUT2D eigenvalue weighted by atomic mass is 10.0. The highest BCUT2D eigenvalue weighted by Crippen LogP contribution is 2.10. The molecule has 1 heterocycles. The third-order valence-corrected chi connectivity index (χ3v) is 4.46. The highest BCUT2D eigenvalue weighted by molar-refractivity contribution is 5.13. The Morgan fingerprint density at radius 2 is 1.96 bits per heavy atom. The molecule has 1 fully saturated rings. The van der Waals surface area contributed by atoms with Crippen molar-refractivity contribution in [2.24, 2.45) is 5.92 Å². The third kappa shape index (κ3) is 9.76. The molecule has 0 amide bonds. The topological polar surface area (TPSA) is 27.3 Å². The number of allylic oxidation sites excluding steroid dienone is 3. The average Bonchev–Trinajstić information content (AvgIpc) is 2.52. The Kier molecular flexibility index (Phi) is 10.5. The zero-order chi connectivity index (χ0) is 17.8. The summed E-state index contributed by atoms with van der Waals surface area (Å²) in [5, 5.41) is 6.75. The molecule has 0 aliphatic carbocycles. The summed E-state index contributed by atoms with van der Waals surface area (Å²) in [6.07, 6.45) is 11.9. The van der Waals surface area contributed by atoms with Gasteiger partial charge in [-0.15, -0.1) is 0 Å². The van der Waals surface area contributed by atoms with Crippen LogP contribution in [-0.4, -0.2) is 37.1 Å². The summed E-state index contributed by atoms with van der Waals surface area (Å²) < 4.78 is 12.8. The second-order valence-corrected chi connectivity index (χ2v) is 7.12. The van der Waals surface area contributed by atoms with Crippen LogP contribution in [0.1, 0.15) is 52.9 Å². The van der Waals surface area contributed by atoms with E-state index in [0.29, 0.717) is 12.0 Å². The largest absolute Gasteiger partial charge is 0.391 e. The van der Waals surface area contributed by atoms with E-state index in [1.54, 1.807) is 0 Å². The molecule has 0 spiro atoms. The fourth-order valence-electron chi connectivity index (χ4n) is 3.04. The fraction of sp³-hybridized carbons (Fsp3) is 0.700. The molecule has 1 saturated heterocycles. The van der Waals surface area contributed by atoms with Crippen molar-refractivity contribution < 1.29 is 4.39 Å². The SMILES string of the molecule is C=C(F)/C=C(\C)NC(C/C=C\NCCCN1CCCCC1)C(C)C. The Hall–Kier alpha value is -1.29. The van der Waals surface area contributed by atoms with Crippen LogP contribution >= 0.6 is 0 Å². The third-order valence-electron chi connectivity index (χ3n) is 4.46. The summed E-state index contributed by atoms with van der Waals surface area (Å²) in [5.41, 5.74) is 0.823.